The molecule has 0 unspecified atom stereocenters. The van der Waals surface area contributed by atoms with Crippen molar-refractivity contribution in [3.63, 3.8) is 0 Å². The number of carbonyl (C=O) groups is 1. The highest BCUT2D eigenvalue weighted by atomic mass is 32.2. The highest BCUT2D eigenvalue weighted by molar-refractivity contribution is 7.98. The van der Waals surface area contributed by atoms with Crippen molar-refractivity contribution >= 4 is 17.7 Å². The van der Waals surface area contributed by atoms with E-state index in [0.717, 1.165) is 10.5 Å². The summed E-state index contributed by atoms with van der Waals surface area (Å²) in [5, 5.41) is 0. The van der Waals surface area contributed by atoms with Crippen LogP contribution in [0.15, 0.2) is 45.9 Å². The Morgan fingerprint density at radius 2 is 2.00 bits per heavy atom. The topological polar surface area (TPSA) is 39.4 Å². The first-order valence-corrected chi connectivity index (χ1v) is 6.53. The minimum absolute atomic E-state index is 0.289. The lowest BCUT2D eigenvalue weighted by Crippen LogP contribution is -2.02. The second-order valence-corrected chi connectivity index (χ2v) is 4.92. The highest BCUT2D eigenvalue weighted by Gasteiger charge is 2.15. The van der Waals surface area contributed by atoms with Gasteiger partial charge in [-0.05, 0) is 25.1 Å². The van der Waals surface area contributed by atoms with E-state index < -0.39 is 5.97 Å². The van der Waals surface area contributed by atoms with Crippen LogP contribution in [0, 0.1) is 6.92 Å². The summed E-state index contributed by atoms with van der Waals surface area (Å²) in [6.45, 7) is 2.06. The van der Waals surface area contributed by atoms with E-state index in [0.29, 0.717) is 5.75 Å². The second kappa shape index (κ2) is 5.78. The lowest BCUT2D eigenvalue weighted by molar-refractivity contribution is 0.0564. The molecule has 1 aromatic carbocycles. The van der Waals surface area contributed by atoms with Crippen LogP contribution in [0.4, 0.5) is 0 Å². The van der Waals surface area contributed by atoms with Gasteiger partial charge in [-0.25, -0.2) is 4.79 Å². The molecular weight excluding hydrogens is 248 g/mol. The fourth-order valence-electron chi connectivity index (χ4n) is 1.52. The van der Waals surface area contributed by atoms with Gasteiger partial charge < -0.3 is 9.15 Å². The van der Waals surface area contributed by atoms with Gasteiger partial charge in [0.15, 0.2) is 0 Å². The van der Waals surface area contributed by atoms with Gasteiger partial charge in [0.25, 0.3) is 0 Å². The second-order valence-electron chi connectivity index (χ2n) is 3.87. The fourth-order valence-corrected chi connectivity index (χ4v) is 2.39. The van der Waals surface area contributed by atoms with Gasteiger partial charge >= 0.3 is 5.97 Å². The van der Waals surface area contributed by atoms with E-state index in [-0.39, 0.29) is 5.76 Å². The first-order chi connectivity index (χ1) is 8.70. The Bertz CT molecular complexity index is 528. The van der Waals surface area contributed by atoms with E-state index in [2.05, 4.69) is 35.9 Å². The SMILES string of the molecule is COC(=O)c1occc1CSc1ccc(C)cc1. The van der Waals surface area contributed by atoms with Crippen molar-refractivity contribution in [2.75, 3.05) is 7.11 Å². The van der Waals surface area contributed by atoms with Gasteiger partial charge in [-0.3, -0.25) is 0 Å². The lowest BCUT2D eigenvalue weighted by atomic mass is 10.2. The van der Waals surface area contributed by atoms with Gasteiger partial charge in [0, 0.05) is 16.2 Å². The predicted octanol–water partition coefficient (Wildman–Crippen LogP) is 3.67. The van der Waals surface area contributed by atoms with Crippen molar-refractivity contribution in [3.8, 4) is 0 Å². The first kappa shape index (κ1) is 12.8. The predicted molar refractivity (Wildman–Crippen MR) is 70.8 cm³/mol. The van der Waals surface area contributed by atoms with Gasteiger partial charge in [-0.1, -0.05) is 17.7 Å². The molecule has 2 aromatic rings. The van der Waals surface area contributed by atoms with E-state index in [1.807, 2.05) is 0 Å². The zero-order valence-corrected chi connectivity index (χ0v) is 11.1. The van der Waals surface area contributed by atoms with Gasteiger partial charge in [0.2, 0.25) is 5.76 Å². The molecule has 4 heteroatoms. The Balaban J connectivity index is 2.04. The number of aryl methyl sites for hydroxylation is 1. The summed E-state index contributed by atoms with van der Waals surface area (Å²) >= 11 is 1.66. The number of furan rings is 1. The molecule has 0 fully saturated rings. The van der Waals surface area contributed by atoms with Crippen LogP contribution in [0.2, 0.25) is 0 Å². The lowest BCUT2D eigenvalue weighted by Gasteiger charge is -2.02. The number of hydrogen-bond donors (Lipinski definition) is 0. The van der Waals surface area contributed by atoms with Crippen LogP contribution in [0.3, 0.4) is 0 Å². The van der Waals surface area contributed by atoms with Crippen LogP contribution < -0.4 is 0 Å². The molecule has 18 heavy (non-hydrogen) atoms. The molecule has 1 heterocycles. The molecule has 0 aliphatic carbocycles. The standard InChI is InChI=1S/C14H14O3S/c1-10-3-5-12(6-4-10)18-9-11-7-8-17-13(11)14(15)16-2/h3-8H,9H2,1-2H3. The summed E-state index contributed by atoms with van der Waals surface area (Å²) in [5.41, 5.74) is 2.09. The molecule has 2 rings (SSSR count). The minimum Gasteiger partial charge on any atom is -0.463 e. The molecule has 94 valence electrons. The Labute approximate surface area is 110 Å². The Kier molecular flexibility index (Phi) is 4.10. The molecule has 3 nitrogen and oxygen atoms in total. The third-order valence-electron chi connectivity index (χ3n) is 2.53. The largest absolute Gasteiger partial charge is 0.463 e. The monoisotopic (exact) mass is 262 g/mol. The van der Waals surface area contributed by atoms with Crippen molar-refractivity contribution in [2.24, 2.45) is 0 Å². The summed E-state index contributed by atoms with van der Waals surface area (Å²) < 4.78 is 9.80. The van der Waals surface area contributed by atoms with Gasteiger partial charge in [-0.15, -0.1) is 11.8 Å². The third-order valence-corrected chi connectivity index (χ3v) is 3.59. The number of rotatable bonds is 4. The van der Waals surface area contributed by atoms with E-state index in [4.69, 9.17) is 4.42 Å². The molecule has 1 aromatic heterocycles. The maximum atomic E-state index is 11.4. The zero-order chi connectivity index (χ0) is 13.0. The Morgan fingerprint density at radius 1 is 1.28 bits per heavy atom. The number of ether oxygens (including phenoxy) is 1. The smallest absolute Gasteiger partial charge is 0.374 e. The van der Waals surface area contributed by atoms with E-state index in [1.165, 1.54) is 18.9 Å². The molecule has 0 saturated heterocycles. The van der Waals surface area contributed by atoms with Crippen LogP contribution in [0.5, 0.6) is 0 Å². The number of thioether (sulfide) groups is 1. The Hall–Kier alpha value is -1.68. The number of benzene rings is 1. The highest BCUT2D eigenvalue weighted by Crippen LogP contribution is 2.25. The average molecular weight is 262 g/mol. The molecule has 0 aliphatic heterocycles. The molecule has 0 aliphatic rings. The van der Waals surface area contributed by atoms with Crippen molar-refractivity contribution in [2.45, 2.75) is 17.6 Å². The molecule has 0 spiro atoms. The van der Waals surface area contributed by atoms with Gasteiger partial charge in [0.05, 0.1) is 13.4 Å². The van der Waals surface area contributed by atoms with Crippen LogP contribution in [-0.2, 0) is 10.5 Å². The summed E-state index contributed by atoms with van der Waals surface area (Å²) in [5.74, 6) is 0.542. The molecule has 0 N–H and O–H groups in total. The molecule has 0 amide bonds. The fraction of sp³-hybridized carbons (Fsp3) is 0.214. The molecule has 0 atom stereocenters. The normalized spacial score (nSPS) is 10.3. The van der Waals surface area contributed by atoms with E-state index in [9.17, 15) is 4.79 Å². The van der Waals surface area contributed by atoms with Crippen molar-refractivity contribution in [1.29, 1.82) is 0 Å². The summed E-state index contributed by atoms with van der Waals surface area (Å²) in [6, 6.07) is 10.1. The summed E-state index contributed by atoms with van der Waals surface area (Å²) in [7, 11) is 1.35. The minimum atomic E-state index is -0.431. The molecule has 0 bridgehead atoms. The number of methoxy groups -OCH3 is 1. The van der Waals surface area contributed by atoms with Crippen molar-refractivity contribution < 1.29 is 13.9 Å². The van der Waals surface area contributed by atoms with Crippen LogP contribution in [0.25, 0.3) is 0 Å². The van der Waals surface area contributed by atoms with Crippen LogP contribution in [-0.4, -0.2) is 13.1 Å². The summed E-state index contributed by atoms with van der Waals surface area (Å²) in [6.07, 6.45) is 1.51. The number of hydrogen-bond acceptors (Lipinski definition) is 4. The van der Waals surface area contributed by atoms with E-state index >= 15 is 0 Å². The maximum Gasteiger partial charge on any atom is 0.374 e. The van der Waals surface area contributed by atoms with Crippen LogP contribution >= 0.6 is 11.8 Å². The average Bonchev–Trinajstić information content (AvgIpc) is 2.85. The van der Waals surface area contributed by atoms with E-state index in [1.54, 1.807) is 17.8 Å². The molecule has 0 radical (unpaired) electrons. The quantitative estimate of drug-likeness (QED) is 0.622. The summed E-state index contributed by atoms with van der Waals surface area (Å²) in [4.78, 5) is 12.6. The zero-order valence-electron chi connectivity index (χ0n) is 10.3. The molecular formula is C14H14O3S. The Morgan fingerprint density at radius 3 is 2.67 bits per heavy atom. The van der Waals surface area contributed by atoms with Gasteiger partial charge in [0.1, 0.15) is 0 Å². The number of esters is 1. The van der Waals surface area contributed by atoms with Crippen molar-refractivity contribution in [1.82, 2.24) is 0 Å². The van der Waals surface area contributed by atoms with Gasteiger partial charge in [-0.2, -0.15) is 0 Å². The maximum absolute atomic E-state index is 11.4. The first-order valence-electron chi connectivity index (χ1n) is 5.55. The third kappa shape index (κ3) is 2.96. The van der Waals surface area contributed by atoms with Crippen LogP contribution in [0.1, 0.15) is 21.7 Å². The number of carbonyl (C=O) groups excluding carboxylic acids is 1. The van der Waals surface area contributed by atoms with Crippen molar-refractivity contribution in [3.05, 3.63) is 53.5 Å². The molecule has 0 saturated carbocycles.